The summed E-state index contributed by atoms with van der Waals surface area (Å²) in [5, 5.41) is 2.96. The predicted molar refractivity (Wildman–Crippen MR) is 133 cm³/mol. The maximum absolute atomic E-state index is 11.8. The average Bonchev–Trinajstić information content (AvgIpc) is 3.29. The topological polar surface area (TPSA) is 57.8 Å². The van der Waals surface area contributed by atoms with Crippen LogP contribution in [0.15, 0.2) is 61.1 Å². The lowest BCUT2D eigenvalue weighted by atomic mass is 10.1. The van der Waals surface area contributed by atoms with Gasteiger partial charge in [-0.2, -0.15) is 0 Å². The molecule has 31 heavy (non-hydrogen) atoms. The van der Waals surface area contributed by atoms with E-state index in [9.17, 15) is 4.79 Å². The van der Waals surface area contributed by atoms with Gasteiger partial charge in [0.1, 0.15) is 0 Å². The van der Waals surface area contributed by atoms with E-state index in [0.717, 1.165) is 57.1 Å². The first-order valence-electron chi connectivity index (χ1n) is 12.2. The number of allylic oxidation sites excluding steroid dienone is 8. The number of carbonyl (C=O) groups excluding carboxylic acids is 1. The Morgan fingerprint density at radius 2 is 1.48 bits per heavy atom. The molecule has 1 amide bonds. The van der Waals surface area contributed by atoms with Gasteiger partial charge in [0.05, 0.1) is 6.33 Å². The van der Waals surface area contributed by atoms with E-state index in [1.54, 1.807) is 12.5 Å². The Kier molecular flexibility index (Phi) is 18.0. The van der Waals surface area contributed by atoms with Crippen molar-refractivity contribution in [3.63, 3.8) is 0 Å². The monoisotopic (exact) mass is 425 g/mol. The fourth-order valence-corrected chi connectivity index (χ4v) is 3.13. The standard InChI is InChI=1S/C27H43N3O/c1-2-3-4-5-6-7-8-9-10-11-12-13-14-15-16-17-18-19-20-21-27(31)29-23-22-26-24-28-25-30-26/h6-7,9-10,12-13,15-16,24-25H,2-5,8,11,14,17-23H2,1H3,(H,28,30)(H,29,31)/b7-6-,10-9-,13-12-,16-15-. The second kappa shape index (κ2) is 20.9. The van der Waals surface area contributed by atoms with Crippen molar-refractivity contribution in [2.45, 2.75) is 90.4 Å². The number of hydrogen-bond donors (Lipinski definition) is 2. The van der Waals surface area contributed by atoms with Gasteiger partial charge in [0.25, 0.3) is 0 Å². The van der Waals surface area contributed by atoms with Crippen molar-refractivity contribution in [2.75, 3.05) is 6.54 Å². The Bertz CT molecular complexity index is 641. The lowest BCUT2D eigenvalue weighted by Gasteiger charge is -2.04. The summed E-state index contributed by atoms with van der Waals surface area (Å²) >= 11 is 0. The van der Waals surface area contributed by atoms with Crippen molar-refractivity contribution in [3.8, 4) is 0 Å². The first kappa shape index (κ1) is 26.7. The number of H-pyrrole nitrogens is 1. The zero-order valence-corrected chi connectivity index (χ0v) is 19.5. The number of imidazole rings is 1. The molecule has 0 saturated heterocycles. The molecule has 0 aromatic carbocycles. The van der Waals surface area contributed by atoms with E-state index < -0.39 is 0 Å². The van der Waals surface area contributed by atoms with Crippen LogP contribution in [-0.4, -0.2) is 22.4 Å². The van der Waals surface area contributed by atoms with Crippen LogP contribution in [0.2, 0.25) is 0 Å². The highest BCUT2D eigenvalue weighted by Gasteiger charge is 2.01. The molecule has 4 nitrogen and oxygen atoms in total. The van der Waals surface area contributed by atoms with E-state index >= 15 is 0 Å². The molecule has 0 aliphatic rings. The quantitative estimate of drug-likeness (QED) is 0.185. The van der Waals surface area contributed by atoms with Crippen LogP contribution in [0, 0.1) is 0 Å². The minimum absolute atomic E-state index is 0.150. The average molecular weight is 426 g/mol. The maximum Gasteiger partial charge on any atom is 0.220 e. The van der Waals surface area contributed by atoms with Gasteiger partial charge >= 0.3 is 0 Å². The third-order valence-corrected chi connectivity index (χ3v) is 5.00. The van der Waals surface area contributed by atoms with Gasteiger partial charge in [0.15, 0.2) is 0 Å². The highest BCUT2D eigenvalue weighted by atomic mass is 16.1. The number of unbranched alkanes of at least 4 members (excludes halogenated alkanes) is 6. The fourth-order valence-electron chi connectivity index (χ4n) is 3.13. The molecule has 0 aliphatic heterocycles. The summed E-state index contributed by atoms with van der Waals surface area (Å²) in [7, 11) is 0. The summed E-state index contributed by atoms with van der Waals surface area (Å²) in [5.41, 5.74) is 1.05. The number of nitrogens with zero attached hydrogens (tertiary/aromatic N) is 1. The third kappa shape index (κ3) is 18.2. The zero-order chi connectivity index (χ0) is 22.2. The van der Waals surface area contributed by atoms with Crippen LogP contribution in [0.3, 0.4) is 0 Å². The molecule has 0 aliphatic carbocycles. The summed E-state index contributed by atoms with van der Waals surface area (Å²) in [4.78, 5) is 18.8. The van der Waals surface area contributed by atoms with Crippen molar-refractivity contribution in [1.29, 1.82) is 0 Å². The Labute approximate surface area is 190 Å². The van der Waals surface area contributed by atoms with Crippen molar-refractivity contribution in [1.82, 2.24) is 15.3 Å². The smallest absolute Gasteiger partial charge is 0.220 e. The van der Waals surface area contributed by atoms with Crippen molar-refractivity contribution < 1.29 is 4.79 Å². The highest BCUT2D eigenvalue weighted by molar-refractivity contribution is 5.75. The number of carbonyl (C=O) groups is 1. The van der Waals surface area contributed by atoms with Crippen LogP contribution in [0.5, 0.6) is 0 Å². The summed E-state index contributed by atoms with van der Waals surface area (Å²) < 4.78 is 0. The van der Waals surface area contributed by atoms with Crippen LogP contribution >= 0.6 is 0 Å². The van der Waals surface area contributed by atoms with Gasteiger partial charge in [-0.3, -0.25) is 4.79 Å². The van der Waals surface area contributed by atoms with Crippen LogP contribution < -0.4 is 5.32 Å². The molecule has 0 unspecified atom stereocenters. The van der Waals surface area contributed by atoms with Gasteiger partial charge in [0.2, 0.25) is 5.91 Å². The molecule has 2 N–H and O–H groups in total. The molecule has 1 heterocycles. The van der Waals surface area contributed by atoms with Crippen LogP contribution in [-0.2, 0) is 11.2 Å². The molecule has 1 aromatic rings. The van der Waals surface area contributed by atoms with Crippen molar-refractivity contribution in [2.24, 2.45) is 0 Å². The molecule has 0 fully saturated rings. The molecule has 1 rings (SSSR count). The summed E-state index contributed by atoms with van der Waals surface area (Å²) in [6.07, 6.45) is 35.5. The lowest BCUT2D eigenvalue weighted by Crippen LogP contribution is -2.25. The number of amides is 1. The van der Waals surface area contributed by atoms with Gasteiger partial charge in [-0.1, -0.05) is 74.8 Å². The second-order valence-electron chi connectivity index (χ2n) is 7.86. The van der Waals surface area contributed by atoms with Gasteiger partial charge in [-0.25, -0.2) is 4.98 Å². The lowest BCUT2D eigenvalue weighted by molar-refractivity contribution is -0.121. The Morgan fingerprint density at radius 1 is 0.871 bits per heavy atom. The summed E-state index contributed by atoms with van der Waals surface area (Å²) in [5.74, 6) is 0.150. The molecule has 172 valence electrons. The van der Waals surface area contributed by atoms with Gasteiger partial charge in [-0.15, -0.1) is 0 Å². The minimum Gasteiger partial charge on any atom is -0.356 e. The molecule has 0 spiro atoms. The van der Waals surface area contributed by atoms with Crippen LogP contribution in [0.25, 0.3) is 0 Å². The minimum atomic E-state index is 0.150. The van der Waals surface area contributed by atoms with Gasteiger partial charge < -0.3 is 10.3 Å². The van der Waals surface area contributed by atoms with Gasteiger partial charge in [0, 0.05) is 31.3 Å². The van der Waals surface area contributed by atoms with E-state index in [-0.39, 0.29) is 5.91 Å². The first-order valence-corrected chi connectivity index (χ1v) is 12.2. The van der Waals surface area contributed by atoms with E-state index in [2.05, 4.69) is 70.8 Å². The molecule has 0 bridgehead atoms. The number of aromatic amines is 1. The van der Waals surface area contributed by atoms with E-state index in [1.165, 1.54) is 25.7 Å². The van der Waals surface area contributed by atoms with E-state index in [4.69, 9.17) is 0 Å². The molecule has 0 saturated carbocycles. The Balaban J connectivity index is 1.86. The van der Waals surface area contributed by atoms with Crippen LogP contribution in [0.4, 0.5) is 0 Å². The number of nitrogens with one attached hydrogen (secondary N) is 2. The first-order chi connectivity index (χ1) is 15.3. The number of hydrogen-bond acceptors (Lipinski definition) is 2. The molecular formula is C27H43N3O. The van der Waals surface area contributed by atoms with Crippen molar-refractivity contribution >= 4 is 5.91 Å². The highest BCUT2D eigenvalue weighted by Crippen LogP contribution is 2.05. The second-order valence-corrected chi connectivity index (χ2v) is 7.86. The van der Waals surface area contributed by atoms with Crippen molar-refractivity contribution in [3.05, 3.63) is 66.8 Å². The SMILES string of the molecule is CCCCC/C=C\C/C=C\C/C=C\C/C=C\CCCCCC(=O)NCCc1cnc[nH]1. The largest absolute Gasteiger partial charge is 0.356 e. The predicted octanol–water partition coefficient (Wildman–Crippen LogP) is 6.99. The number of rotatable bonds is 19. The third-order valence-electron chi connectivity index (χ3n) is 5.00. The fraction of sp³-hybridized carbons (Fsp3) is 0.556. The van der Waals surface area contributed by atoms with E-state index in [1.807, 2.05) is 0 Å². The summed E-state index contributed by atoms with van der Waals surface area (Å²) in [6.45, 7) is 2.91. The van der Waals surface area contributed by atoms with E-state index in [0.29, 0.717) is 13.0 Å². The molecule has 0 atom stereocenters. The van der Waals surface area contributed by atoms with Gasteiger partial charge in [-0.05, 0) is 51.4 Å². The Morgan fingerprint density at radius 3 is 2.06 bits per heavy atom. The molecule has 0 radical (unpaired) electrons. The molecular weight excluding hydrogens is 382 g/mol. The maximum atomic E-state index is 11.8. The number of aromatic nitrogens is 2. The Hall–Kier alpha value is -2.36. The molecule has 1 aromatic heterocycles. The van der Waals surface area contributed by atoms with Crippen LogP contribution in [0.1, 0.15) is 89.7 Å². The zero-order valence-electron chi connectivity index (χ0n) is 19.5. The molecule has 4 heteroatoms. The summed E-state index contributed by atoms with van der Waals surface area (Å²) in [6, 6.07) is 0. The normalized spacial score (nSPS) is 12.2.